The maximum atomic E-state index is 5.47. The smallest absolute Gasteiger partial charge is 0.265 e. The zero-order valence-electron chi connectivity index (χ0n) is 20.3. The van der Waals surface area contributed by atoms with Crippen LogP contribution in [0.15, 0.2) is 40.1 Å². The molecule has 0 atom stereocenters. The van der Waals surface area contributed by atoms with E-state index in [4.69, 9.17) is 4.42 Å². The summed E-state index contributed by atoms with van der Waals surface area (Å²) in [5.74, 6) is 2.19. The maximum absolute atomic E-state index is 5.47. The Kier molecular flexibility index (Phi) is 6.56. The number of aryl methyl sites for hydroxylation is 3. The lowest BCUT2D eigenvalue weighted by atomic mass is 9.99. The van der Waals surface area contributed by atoms with Gasteiger partial charge in [0.05, 0.1) is 17.1 Å². The molecule has 0 N–H and O–H groups in total. The highest BCUT2D eigenvalue weighted by atomic mass is 32.2. The Hall–Kier alpha value is -2.91. The molecule has 1 aliphatic rings. The summed E-state index contributed by atoms with van der Waals surface area (Å²) in [6.45, 7) is 7.26. The predicted octanol–water partition coefficient (Wildman–Crippen LogP) is 4.07. The normalized spacial score (nSPS) is 14.4. The average molecular weight is 478 g/mol. The van der Waals surface area contributed by atoms with Gasteiger partial charge in [0.2, 0.25) is 5.82 Å². The van der Waals surface area contributed by atoms with E-state index in [0.717, 1.165) is 61.2 Å². The minimum absolute atomic E-state index is 0.519. The van der Waals surface area contributed by atoms with Gasteiger partial charge in [0.25, 0.3) is 5.89 Å². The number of rotatable bonds is 7. The monoisotopic (exact) mass is 477 g/mol. The summed E-state index contributed by atoms with van der Waals surface area (Å²) in [4.78, 5) is 6.95. The molecule has 0 radical (unpaired) electrons. The Morgan fingerprint density at radius 2 is 1.82 bits per heavy atom. The number of fused-ring (bicyclic) bond motifs is 1. The molecule has 4 heterocycles. The third-order valence-electron chi connectivity index (χ3n) is 6.39. The van der Waals surface area contributed by atoms with E-state index in [1.54, 1.807) is 18.0 Å². The molecule has 0 spiro atoms. The second-order valence-electron chi connectivity index (χ2n) is 8.98. The maximum Gasteiger partial charge on any atom is 0.265 e. The Morgan fingerprint density at radius 3 is 2.56 bits per heavy atom. The molecular formula is C25H31N7OS. The first-order chi connectivity index (χ1) is 16.5. The van der Waals surface area contributed by atoms with E-state index in [-0.39, 0.29) is 0 Å². The van der Waals surface area contributed by atoms with Gasteiger partial charge in [-0.2, -0.15) is 5.10 Å². The summed E-state index contributed by atoms with van der Waals surface area (Å²) >= 11 is 1.74. The van der Waals surface area contributed by atoms with Crippen LogP contribution in [0.1, 0.15) is 28.9 Å². The van der Waals surface area contributed by atoms with Gasteiger partial charge in [0.1, 0.15) is 6.26 Å². The number of thioether (sulfide) groups is 1. The fraction of sp³-hybridized carbons (Fsp3) is 0.440. The quantitative estimate of drug-likeness (QED) is 0.293. The zero-order chi connectivity index (χ0) is 23.7. The van der Waals surface area contributed by atoms with Crippen molar-refractivity contribution in [1.29, 1.82) is 0 Å². The minimum Gasteiger partial charge on any atom is -0.442 e. The minimum atomic E-state index is 0.519. The SMILES string of the molecule is Cc1coc(-c2nnc(SCCCN3CCc4ccc(-c5cc(C)nn5C)cc4CC3)n2C)n1. The van der Waals surface area contributed by atoms with E-state index in [2.05, 4.69) is 49.4 Å². The van der Waals surface area contributed by atoms with Crippen molar-refractivity contribution in [2.24, 2.45) is 14.1 Å². The largest absolute Gasteiger partial charge is 0.442 e. The highest BCUT2D eigenvalue weighted by molar-refractivity contribution is 7.99. The summed E-state index contributed by atoms with van der Waals surface area (Å²) in [6, 6.07) is 9.09. The van der Waals surface area contributed by atoms with Crippen molar-refractivity contribution < 1.29 is 4.42 Å². The van der Waals surface area contributed by atoms with Crippen LogP contribution in [0.25, 0.3) is 23.0 Å². The molecule has 0 saturated carbocycles. The van der Waals surface area contributed by atoms with E-state index >= 15 is 0 Å². The topological polar surface area (TPSA) is 77.8 Å². The Bertz CT molecular complexity index is 1290. The van der Waals surface area contributed by atoms with E-state index in [1.165, 1.54) is 22.4 Å². The number of nitrogens with zero attached hydrogens (tertiary/aromatic N) is 7. The molecule has 1 aromatic carbocycles. The van der Waals surface area contributed by atoms with Crippen LogP contribution in [-0.4, -0.2) is 59.8 Å². The van der Waals surface area contributed by atoms with Gasteiger partial charge in [0, 0.05) is 38.5 Å². The lowest BCUT2D eigenvalue weighted by Gasteiger charge is -2.19. The molecule has 3 aromatic heterocycles. The Labute approximate surface area is 204 Å². The Balaban J connectivity index is 1.13. The second kappa shape index (κ2) is 9.76. The molecule has 0 amide bonds. The molecule has 0 unspecified atom stereocenters. The summed E-state index contributed by atoms with van der Waals surface area (Å²) < 4.78 is 9.41. The fourth-order valence-corrected chi connectivity index (χ4v) is 5.40. The summed E-state index contributed by atoms with van der Waals surface area (Å²) in [5.41, 5.74) is 7.30. The van der Waals surface area contributed by atoms with Crippen molar-refractivity contribution in [3.8, 4) is 23.0 Å². The molecular weight excluding hydrogens is 446 g/mol. The first-order valence-electron chi connectivity index (χ1n) is 11.8. The predicted molar refractivity (Wildman–Crippen MR) is 134 cm³/mol. The van der Waals surface area contributed by atoms with Crippen molar-refractivity contribution in [2.75, 3.05) is 25.4 Å². The van der Waals surface area contributed by atoms with Gasteiger partial charge < -0.3 is 13.9 Å². The standard InChI is InChI=1S/C25H31N7OS/c1-17-14-22(31(4)29-17)21-7-6-19-8-11-32(12-9-20(19)15-21)10-5-13-34-25-28-27-23(30(25)3)24-26-18(2)16-33-24/h6-7,14-16H,5,8-13H2,1-4H3. The second-order valence-corrected chi connectivity index (χ2v) is 10.0. The van der Waals surface area contributed by atoms with Crippen LogP contribution in [0.4, 0.5) is 0 Å². The van der Waals surface area contributed by atoms with E-state index in [0.29, 0.717) is 11.7 Å². The molecule has 178 valence electrons. The van der Waals surface area contributed by atoms with Gasteiger partial charge in [-0.05, 0) is 62.9 Å². The highest BCUT2D eigenvalue weighted by Crippen LogP contribution is 2.26. The van der Waals surface area contributed by atoms with Crippen molar-refractivity contribution >= 4 is 11.8 Å². The van der Waals surface area contributed by atoms with Gasteiger partial charge in [-0.1, -0.05) is 23.9 Å². The molecule has 4 aromatic rings. The van der Waals surface area contributed by atoms with Crippen molar-refractivity contribution in [1.82, 2.24) is 34.4 Å². The van der Waals surface area contributed by atoms with Crippen LogP contribution >= 0.6 is 11.8 Å². The number of hydrogen-bond donors (Lipinski definition) is 0. The first kappa shape index (κ1) is 22.9. The lowest BCUT2D eigenvalue weighted by Crippen LogP contribution is -2.27. The van der Waals surface area contributed by atoms with Crippen LogP contribution in [-0.2, 0) is 26.9 Å². The molecule has 8 nitrogen and oxygen atoms in total. The van der Waals surface area contributed by atoms with Gasteiger partial charge >= 0.3 is 0 Å². The molecule has 0 bridgehead atoms. The zero-order valence-corrected chi connectivity index (χ0v) is 21.1. The van der Waals surface area contributed by atoms with Gasteiger partial charge in [0.15, 0.2) is 5.16 Å². The third-order valence-corrected chi connectivity index (χ3v) is 7.50. The number of aromatic nitrogens is 6. The number of oxazole rings is 1. The summed E-state index contributed by atoms with van der Waals surface area (Å²) in [5, 5.41) is 14.0. The first-order valence-corrected chi connectivity index (χ1v) is 12.8. The molecule has 5 rings (SSSR count). The van der Waals surface area contributed by atoms with Crippen LogP contribution < -0.4 is 0 Å². The molecule has 1 aliphatic heterocycles. The van der Waals surface area contributed by atoms with Gasteiger partial charge in [-0.3, -0.25) is 4.68 Å². The fourth-order valence-electron chi connectivity index (χ4n) is 4.57. The van der Waals surface area contributed by atoms with Gasteiger partial charge in [-0.15, -0.1) is 10.2 Å². The van der Waals surface area contributed by atoms with Crippen LogP contribution in [0.5, 0.6) is 0 Å². The van der Waals surface area contributed by atoms with Crippen LogP contribution in [0.2, 0.25) is 0 Å². The van der Waals surface area contributed by atoms with Crippen molar-refractivity contribution in [3.05, 3.63) is 53.0 Å². The summed E-state index contributed by atoms with van der Waals surface area (Å²) in [6.07, 6.45) is 4.95. The van der Waals surface area contributed by atoms with Crippen molar-refractivity contribution in [3.63, 3.8) is 0 Å². The lowest BCUT2D eigenvalue weighted by molar-refractivity contribution is 0.289. The molecule has 0 fully saturated rings. The number of hydrogen-bond acceptors (Lipinski definition) is 7. The number of benzene rings is 1. The van der Waals surface area contributed by atoms with E-state index < -0.39 is 0 Å². The molecule has 34 heavy (non-hydrogen) atoms. The summed E-state index contributed by atoms with van der Waals surface area (Å²) in [7, 11) is 3.98. The van der Waals surface area contributed by atoms with Crippen LogP contribution in [0, 0.1) is 13.8 Å². The molecule has 0 aliphatic carbocycles. The molecule has 0 saturated heterocycles. The third kappa shape index (κ3) is 4.81. The Morgan fingerprint density at radius 1 is 1.00 bits per heavy atom. The van der Waals surface area contributed by atoms with Crippen LogP contribution in [0.3, 0.4) is 0 Å². The van der Waals surface area contributed by atoms with Gasteiger partial charge in [-0.25, -0.2) is 4.98 Å². The van der Waals surface area contributed by atoms with E-state index in [1.807, 2.05) is 37.2 Å². The highest BCUT2D eigenvalue weighted by Gasteiger charge is 2.17. The molecule has 9 heteroatoms. The van der Waals surface area contributed by atoms with E-state index in [9.17, 15) is 0 Å². The van der Waals surface area contributed by atoms with Crippen molar-refractivity contribution in [2.45, 2.75) is 38.3 Å². The average Bonchev–Trinajstić information content (AvgIpc) is 3.46.